The van der Waals surface area contributed by atoms with Gasteiger partial charge in [0.1, 0.15) is 0 Å². The van der Waals surface area contributed by atoms with E-state index >= 15 is 0 Å². The molecular weight excluding hydrogens is 250 g/mol. The first kappa shape index (κ1) is 14.7. The predicted octanol–water partition coefficient (Wildman–Crippen LogP) is -0.736. The van der Waals surface area contributed by atoms with E-state index in [4.69, 9.17) is 4.74 Å². The Labute approximate surface area is 113 Å². The van der Waals surface area contributed by atoms with E-state index in [0.717, 1.165) is 12.8 Å². The molecule has 2 aliphatic heterocycles. The standard InChI is InChI=1S/C13H23NO5/c15-8-12(9-16)3-1-5-14(12)11(17)7-13(18)4-2-6-19-10-13/h15-16,18H,1-10H2. The van der Waals surface area contributed by atoms with Crippen LogP contribution in [-0.4, -0.2) is 70.2 Å². The zero-order chi connectivity index (χ0) is 13.9. The average Bonchev–Trinajstić information content (AvgIpc) is 2.83. The van der Waals surface area contributed by atoms with Crippen LogP contribution >= 0.6 is 0 Å². The molecule has 6 heteroatoms. The van der Waals surface area contributed by atoms with Crippen LogP contribution in [-0.2, 0) is 9.53 Å². The van der Waals surface area contributed by atoms with Gasteiger partial charge in [-0.25, -0.2) is 0 Å². The van der Waals surface area contributed by atoms with E-state index in [1.807, 2.05) is 0 Å². The Bertz CT molecular complexity index is 323. The highest BCUT2D eigenvalue weighted by atomic mass is 16.5. The van der Waals surface area contributed by atoms with E-state index in [1.165, 1.54) is 4.90 Å². The van der Waals surface area contributed by atoms with Gasteiger partial charge in [0.05, 0.1) is 37.4 Å². The third-order valence-corrected chi connectivity index (χ3v) is 4.27. The van der Waals surface area contributed by atoms with Gasteiger partial charge in [-0.3, -0.25) is 4.79 Å². The predicted molar refractivity (Wildman–Crippen MR) is 67.5 cm³/mol. The van der Waals surface area contributed by atoms with Crippen molar-refractivity contribution in [2.45, 2.75) is 43.2 Å². The van der Waals surface area contributed by atoms with E-state index in [-0.39, 0.29) is 32.1 Å². The van der Waals surface area contributed by atoms with E-state index in [9.17, 15) is 20.1 Å². The molecule has 2 rings (SSSR count). The largest absolute Gasteiger partial charge is 0.394 e. The number of hydrogen-bond acceptors (Lipinski definition) is 5. The first-order valence-electron chi connectivity index (χ1n) is 6.88. The summed E-state index contributed by atoms with van der Waals surface area (Å²) in [7, 11) is 0. The summed E-state index contributed by atoms with van der Waals surface area (Å²) in [4.78, 5) is 13.9. The minimum Gasteiger partial charge on any atom is -0.394 e. The van der Waals surface area contributed by atoms with Gasteiger partial charge >= 0.3 is 0 Å². The Morgan fingerprint density at radius 3 is 2.53 bits per heavy atom. The van der Waals surface area contributed by atoms with Gasteiger partial charge in [0.15, 0.2) is 0 Å². The van der Waals surface area contributed by atoms with Crippen molar-refractivity contribution < 1.29 is 24.9 Å². The van der Waals surface area contributed by atoms with E-state index in [0.29, 0.717) is 26.0 Å². The second-order valence-electron chi connectivity index (χ2n) is 5.75. The molecule has 0 aliphatic carbocycles. The van der Waals surface area contributed by atoms with E-state index in [2.05, 4.69) is 0 Å². The van der Waals surface area contributed by atoms with E-state index < -0.39 is 11.1 Å². The quantitative estimate of drug-likeness (QED) is 0.628. The molecule has 2 heterocycles. The number of carbonyl (C=O) groups is 1. The fraction of sp³-hybridized carbons (Fsp3) is 0.923. The molecular formula is C13H23NO5. The minimum atomic E-state index is -1.10. The highest BCUT2D eigenvalue weighted by Crippen LogP contribution is 2.31. The molecule has 2 saturated heterocycles. The van der Waals surface area contributed by atoms with Crippen LogP contribution in [0, 0.1) is 0 Å². The van der Waals surface area contributed by atoms with Gasteiger partial charge in [0, 0.05) is 13.2 Å². The van der Waals surface area contributed by atoms with Gasteiger partial charge in [0.25, 0.3) is 0 Å². The SMILES string of the molecule is O=C(CC1(O)CCCOC1)N1CCCC1(CO)CO. The minimum absolute atomic E-state index is 0.00521. The van der Waals surface area contributed by atoms with Crippen molar-refractivity contribution in [1.82, 2.24) is 4.90 Å². The lowest BCUT2D eigenvalue weighted by atomic mass is 9.91. The van der Waals surface area contributed by atoms with Gasteiger partial charge < -0.3 is 25.0 Å². The van der Waals surface area contributed by atoms with Gasteiger partial charge in [-0.1, -0.05) is 0 Å². The topological polar surface area (TPSA) is 90.2 Å². The van der Waals surface area contributed by atoms with Crippen molar-refractivity contribution in [3.8, 4) is 0 Å². The van der Waals surface area contributed by atoms with Crippen LogP contribution < -0.4 is 0 Å². The van der Waals surface area contributed by atoms with Gasteiger partial charge in [-0.15, -0.1) is 0 Å². The van der Waals surface area contributed by atoms with Crippen molar-refractivity contribution >= 4 is 5.91 Å². The number of aliphatic hydroxyl groups is 3. The van der Waals surface area contributed by atoms with Crippen molar-refractivity contribution in [2.24, 2.45) is 0 Å². The van der Waals surface area contributed by atoms with Gasteiger partial charge in [-0.2, -0.15) is 0 Å². The van der Waals surface area contributed by atoms with Crippen LogP contribution in [0.3, 0.4) is 0 Å². The highest BCUT2D eigenvalue weighted by Gasteiger charge is 2.45. The molecule has 110 valence electrons. The maximum atomic E-state index is 12.3. The normalized spacial score (nSPS) is 30.6. The summed E-state index contributed by atoms with van der Waals surface area (Å²) in [6.45, 7) is 0.834. The monoisotopic (exact) mass is 273 g/mol. The first-order valence-corrected chi connectivity index (χ1v) is 6.88. The number of likely N-dealkylation sites (tertiary alicyclic amines) is 1. The third-order valence-electron chi connectivity index (χ3n) is 4.27. The number of aliphatic hydroxyl groups excluding tert-OH is 2. The Kier molecular flexibility index (Phi) is 4.45. The smallest absolute Gasteiger partial charge is 0.226 e. The molecule has 2 aliphatic rings. The number of ether oxygens (including phenoxy) is 1. The maximum absolute atomic E-state index is 12.3. The Hall–Kier alpha value is -0.690. The second-order valence-corrected chi connectivity index (χ2v) is 5.75. The summed E-state index contributed by atoms with van der Waals surface area (Å²) in [5.74, 6) is -0.214. The number of hydrogen-bond donors (Lipinski definition) is 3. The van der Waals surface area contributed by atoms with Crippen LogP contribution in [0.25, 0.3) is 0 Å². The summed E-state index contributed by atoms with van der Waals surface area (Å²) in [6.07, 6.45) is 2.66. The van der Waals surface area contributed by atoms with Crippen molar-refractivity contribution in [1.29, 1.82) is 0 Å². The zero-order valence-electron chi connectivity index (χ0n) is 11.2. The maximum Gasteiger partial charge on any atom is 0.226 e. The molecule has 19 heavy (non-hydrogen) atoms. The second kappa shape index (κ2) is 5.75. The summed E-state index contributed by atoms with van der Waals surface area (Å²) < 4.78 is 5.23. The van der Waals surface area contributed by atoms with E-state index in [1.54, 1.807) is 0 Å². The Morgan fingerprint density at radius 1 is 1.21 bits per heavy atom. The lowest BCUT2D eigenvalue weighted by Crippen LogP contribution is -2.55. The molecule has 0 radical (unpaired) electrons. The molecule has 6 nitrogen and oxygen atoms in total. The number of nitrogens with zero attached hydrogens (tertiary/aromatic N) is 1. The van der Waals surface area contributed by atoms with Crippen LogP contribution in [0.5, 0.6) is 0 Å². The molecule has 0 aromatic rings. The lowest BCUT2D eigenvalue weighted by molar-refractivity contribution is -0.150. The number of carbonyl (C=O) groups excluding carboxylic acids is 1. The molecule has 0 aromatic heterocycles. The molecule has 0 spiro atoms. The molecule has 0 bridgehead atoms. The van der Waals surface area contributed by atoms with Crippen molar-refractivity contribution in [3.05, 3.63) is 0 Å². The summed E-state index contributed by atoms with van der Waals surface area (Å²) in [5, 5.41) is 29.2. The molecule has 2 fully saturated rings. The Balaban J connectivity index is 2.02. The van der Waals surface area contributed by atoms with Crippen LogP contribution in [0.1, 0.15) is 32.1 Å². The molecule has 1 amide bonds. The molecule has 0 aromatic carbocycles. The fourth-order valence-corrected chi connectivity index (χ4v) is 3.06. The molecule has 1 atom stereocenters. The summed E-state index contributed by atoms with van der Waals surface area (Å²) >= 11 is 0. The van der Waals surface area contributed by atoms with Crippen LogP contribution in [0.4, 0.5) is 0 Å². The zero-order valence-corrected chi connectivity index (χ0v) is 11.2. The Morgan fingerprint density at radius 2 is 1.95 bits per heavy atom. The molecule has 3 N–H and O–H groups in total. The summed E-state index contributed by atoms with van der Waals surface area (Å²) in [5.41, 5.74) is -1.96. The number of amides is 1. The van der Waals surface area contributed by atoms with Gasteiger partial charge in [-0.05, 0) is 25.7 Å². The lowest BCUT2D eigenvalue weighted by Gasteiger charge is -2.38. The third kappa shape index (κ3) is 2.91. The first-order chi connectivity index (χ1) is 9.05. The van der Waals surface area contributed by atoms with Crippen molar-refractivity contribution in [2.75, 3.05) is 33.0 Å². The highest BCUT2D eigenvalue weighted by molar-refractivity contribution is 5.78. The molecule has 0 saturated carbocycles. The van der Waals surface area contributed by atoms with Crippen LogP contribution in [0.15, 0.2) is 0 Å². The fourth-order valence-electron chi connectivity index (χ4n) is 3.06. The summed E-state index contributed by atoms with van der Waals surface area (Å²) in [6, 6.07) is 0. The van der Waals surface area contributed by atoms with Crippen LogP contribution in [0.2, 0.25) is 0 Å². The molecule has 1 unspecified atom stereocenters. The van der Waals surface area contributed by atoms with Gasteiger partial charge in [0.2, 0.25) is 5.91 Å². The average molecular weight is 273 g/mol. The number of rotatable bonds is 4. The van der Waals surface area contributed by atoms with Crippen molar-refractivity contribution in [3.63, 3.8) is 0 Å².